The summed E-state index contributed by atoms with van der Waals surface area (Å²) in [6, 6.07) is 12.1. The van der Waals surface area contributed by atoms with Gasteiger partial charge in [-0.1, -0.05) is 36.7 Å². The molecule has 1 unspecified atom stereocenters. The monoisotopic (exact) mass is 682 g/mol. The van der Waals surface area contributed by atoms with E-state index in [1.807, 2.05) is 30.5 Å². The molecule has 0 aliphatic carbocycles. The summed E-state index contributed by atoms with van der Waals surface area (Å²) in [7, 11) is 0. The van der Waals surface area contributed by atoms with Crippen LogP contribution in [0.1, 0.15) is 54.1 Å². The van der Waals surface area contributed by atoms with Crippen molar-refractivity contribution >= 4 is 57.9 Å². The highest BCUT2D eigenvalue weighted by atomic mass is 35.5. The molecule has 7 rings (SSSR count). The molecule has 1 atom stereocenters. The molecule has 49 heavy (non-hydrogen) atoms. The number of nitrogens with one attached hydrogen (secondary N) is 2. The number of piperazine rings is 1. The van der Waals surface area contributed by atoms with Crippen LogP contribution in [-0.2, 0) is 32.1 Å². The number of carbonyl (C=O) groups excluding carboxylic acids is 5. The predicted octanol–water partition coefficient (Wildman–Crippen LogP) is 4.24. The first-order valence-electron chi connectivity index (χ1n) is 16.5. The number of benzene rings is 2. The van der Waals surface area contributed by atoms with E-state index in [9.17, 15) is 24.0 Å². The summed E-state index contributed by atoms with van der Waals surface area (Å²) in [6.45, 7) is 3.25. The number of aromatic amines is 1. The van der Waals surface area contributed by atoms with Gasteiger partial charge in [0.25, 0.3) is 5.91 Å². The van der Waals surface area contributed by atoms with E-state index in [4.69, 9.17) is 16.3 Å². The van der Waals surface area contributed by atoms with Crippen LogP contribution in [-0.4, -0.2) is 81.6 Å². The molecule has 2 fully saturated rings. The molecule has 252 valence electrons. The van der Waals surface area contributed by atoms with Crippen molar-refractivity contribution in [3.63, 3.8) is 0 Å². The Morgan fingerprint density at radius 2 is 1.90 bits per heavy atom. The van der Waals surface area contributed by atoms with Crippen molar-refractivity contribution in [2.24, 2.45) is 0 Å². The van der Waals surface area contributed by atoms with E-state index >= 15 is 0 Å². The van der Waals surface area contributed by atoms with Crippen molar-refractivity contribution in [2.75, 3.05) is 31.1 Å². The number of amides is 5. The summed E-state index contributed by atoms with van der Waals surface area (Å²) in [4.78, 5) is 75.8. The van der Waals surface area contributed by atoms with E-state index in [2.05, 4.69) is 22.2 Å². The number of anilines is 1. The fourth-order valence-corrected chi connectivity index (χ4v) is 7.22. The Balaban J connectivity index is 0.930. The van der Waals surface area contributed by atoms with Gasteiger partial charge in [-0.15, -0.1) is 0 Å². The lowest BCUT2D eigenvalue weighted by Gasteiger charge is -2.34. The van der Waals surface area contributed by atoms with Gasteiger partial charge >= 0.3 is 0 Å². The molecule has 0 radical (unpaired) electrons. The molecule has 12 nitrogen and oxygen atoms in total. The van der Waals surface area contributed by atoms with Gasteiger partial charge in [0, 0.05) is 66.1 Å². The van der Waals surface area contributed by atoms with Crippen molar-refractivity contribution in [1.29, 1.82) is 0 Å². The van der Waals surface area contributed by atoms with Gasteiger partial charge in [-0.25, -0.2) is 4.98 Å². The van der Waals surface area contributed by atoms with E-state index in [1.54, 1.807) is 34.2 Å². The van der Waals surface area contributed by atoms with Crippen molar-refractivity contribution in [1.82, 2.24) is 25.1 Å². The Hall–Kier alpha value is -5.23. The van der Waals surface area contributed by atoms with Gasteiger partial charge in [-0.05, 0) is 54.7 Å². The number of fused-ring (bicyclic) bond motifs is 2. The molecule has 13 heteroatoms. The standard InChI is InChI=1S/C36H35ClN6O6/c1-2-21-17-38-34-32(21)33(37)25(18-39-34)22-6-3-7-23(16-22)42-14-13-41(20-31(42)46)30(45)10-5-15-49-28-9-4-8-24-26(28)19-43(36(24)48)27-11-12-29(44)40-35(27)47/h3-4,6-9,16-18,27H,2,5,10-15,19-20H2,1H3,(H,38,39)(H,40,44,47). The van der Waals surface area contributed by atoms with Crippen LogP contribution < -0.4 is 15.0 Å². The van der Waals surface area contributed by atoms with Crippen LogP contribution in [0.15, 0.2) is 54.9 Å². The number of ether oxygens (including phenoxy) is 1. The Kier molecular flexibility index (Phi) is 8.81. The molecule has 2 aromatic carbocycles. The summed E-state index contributed by atoms with van der Waals surface area (Å²) in [5.74, 6) is -0.856. The van der Waals surface area contributed by atoms with E-state index in [1.165, 1.54) is 4.90 Å². The zero-order valence-corrected chi connectivity index (χ0v) is 27.7. The van der Waals surface area contributed by atoms with Gasteiger partial charge in [0.1, 0.15) is 24.0 Å². The summed E-state index contributed by atoms with van der Waals surface area (Å²) in [5, 5.41) is 3.83. The van der Waals surface area contributed by atoms with Crippen molar-refractivity contribution < 1.29 is 28.7 Å². The number of carbonyl (C=O) groups is 5. The third kappa shape index (κ3) is 6.12. The molecule has 3 aliphatic rings. The average molecular weight is 683 g/mol. The van der Waals surface area contributed by atoms with Gasteiger partial charge in [0.05, 0.1) is 18.2 Å². The van der Waals surface area contributed by atoms with Crippen molar-refractivity contribution in [3.05, 3.63) is 76.6 Å². The fraction of sp³-hybridized carbons (Fsp3) is 0.333. The zero-order valence-electron chi connectivity index (χ0n) is 27.0. The minimum atomic E-state index is -0.708. The highest BCUT2D eigenvalue weighted by molar-refractivity contribution is 6.38. The molecule has 5 heterocycles. The first-order valence-corrected chi connectivity index (χ1v) is 16.8. The van der Waals surface area contributed by atoms with Crippen LogP contribution in [0.4, 0.5) is 5.69 Å². The third-order valence-corrected chi connectivity index (χ3v) is 9.87. The molecule has 0 saturated carbocycles. The maximum Gasteiger partial charge on any atom is 0.255 e. The van der Waals surface area contributed by atoms with E-state index in [0.29, 0.717) is 41.4 Å². The number of hydrogen-bond donors (Lipinski definition) is 2. The minimum Gasteiger partial charge on any atom is -0.493 e. The number of aryl methyl sites for hydroxylation is 1. The molecule has 4 aromatic rings. The largest absolute Gasteiger partial charge is 0.493 e. The first kappa shape index (κ1) is 32.3. The lowest BCUT2D eigenvalue weighted by atomic mass is 10.0. The highest BCUT2D eigenvalue weighted by Crippen LogP contribution is 2.37. The molecule has 0 spiro atoms. The zero-order chi connectivity index (χ0) is 34.2. The topological polar surface area (TPSA) is 145 Å². The van der Waals surface area contributed by atoms with Gasteiger partial charge in [-0.3, -0.25) is 29.3 Å². The van der Waals surface area contributed by atoms with E-state index in [-0.39, 0.29) is 62.6 Å². The second-order valence-corrected chi connectivity index (χ2v) is 12.8. The lowest BCUT2D eigenvalue weighted by molar-refractivity contribution is -0.137. The number of H-pyrrole nitrogens is 1. The van der Waals surface area contributed by atoms with E-state index in [0.717, 1.165) is 39.8 Å². The first-order chi connectivity index (χ1) is 23.7. The number of rotatable bonds is 9. The Labute approximate surface area is 287 Å². The van der Waals surface area contributed by atoms with Gasteiger partial charge in [0.15, 0.2) is 0 Å². The molecule has 3 aliphatic heterocycles. The van der Waals surface area contributed by atoms with Gasteiger partial charge in [-0.2, -0.15) is 0 Å². The second-order valence-electron chi connectivity index (χ2n) is 12.4. The Bertz CT molecular complexity index is 2010. The summed E-state index contributed by atoms with van der Waals surface area (Å²) >= 11 is 6.85. The summed E-state index contributed by atoms with van der Waals surface area (Å²) in [6.07, 6.45) is 5.57. The summed E-state index contributed by atoms with van der Waals surface area (Å²) in [5.41, 5.74) is 5.34. The van der Waals surface area contributed by atoms with Crippen molar-refractivity contribution in [2.45, 2.75) is 51.6 Å². The van der Waals surface area contributed by atoms with Crippen LogP contribution >= 0.6 is 11.6 Å². The quantitative estimate of drug-likeness (QED) is 0.198. The second kappa shape index (κ2) is 13.3. The van der Waals surface area contributed by atoms with Crippen LogP contribution in [0.5, 0.6) is 5.75 Å². The van der Waals surface area contributed by atoms with Crippen molar-refractivity contribution in [3.8, 4) is 16.9 Å². The number of piperidine rings is 1. The van der Waals surface area contributed by atoms with Crippen LogP contribution in [0.2, 0.25) is 5.02 Å². The van der Waals surface area contributed by atoms with Crippen LogP contribution in [0.25, 0.3) is 22.2 Å². The minimum absolute atomic E-state index is 0.0219. The molecule has 0 bridgehead atoms. The van der Waals surface area contributed by atoms with Crippen LogP contribution in [0, 0.1) is 0 Å². The molecule has 2 saturated heterocycles. The van der Waals surface area contributed by atoms with Gasteiger partial charge < -0.3 is 24.4 Å². The highest BCUT2D eigenvalue weighted by Gasteiger charge is 2.40. The molecule has 2 N–H and O–H groups in total. The number of halogens is 1. The average Bonchev–Trinajstić information content (AvgIpc) is 3.68. The smallest absolute Gasteiger partial charge is 0.255 e. The molecule has 5 amide bonds. The lowest BCUT2D eigenvalue weighted by Crippen LogP contribution is -2.52. The maximum atomic E-state index is 13.3. The summed E-state index contributed by atoms with van der Waals surface area (Å²) < 4.78 is 6.00. The van der Waals surface area contributed by atoms with Gasteiger partial charge in [0.2, 0.25) is 23.6 Å². The predicted molar refractivity (Wildman–Crippen MR) is 182 cm³/mol. The van der Waals surface area contributed by atoms with Crippen LogP contribution in [0.3, 0.4) is 0 Å². The normalized spacial score (nSPS) is 17.9. The Morgan fingerprint density at radius 3 is 2.69 bits per heavy atom. The number of imide groups is 1. The Morgan fingerprint density at radius 1 is 1.06 bits per heavy atom. The van der Waals surface area contributed by atoms with E-state index < -0.39 is 11.9 Å². The molecule has 2 aromatic heterocycles. The SMILES string of the molecule is CCc1c[nH]c2ncc(-c3cccc(N4CCN(C(=O)CCCOc5cccc6c5CN(C5CCC(=O)NC5=O)C6=O)CC4=O)c3)c(Cl)c12. The number of pyridine rings is 1. The number of aromatic nitrogens is 2. The molecular weight excluding hydrogens is 648 g/mol. The number of hydrogen-bond acceptors (Lipinski definition) is 7. The number of nitrogens with zero attached hydrogens (tertiary/aromatic N) is 4. The third-order valence-electron chi connectivity index (χ3n) is 9.47. The molecular formula is C36H35ClN6O6. The fourth-order valence-electron chi connectivity index (χ4n) is 6.86. The maximum absolute atomic E-state index is 13.3.